The van der Waals surface area contributed by atoms with Crippen molar-refractivity contribution in [2.45, 2.75) is 38.6 Å². The van der Waals surface area contributed by atoms with Gasteiger partial charge in [-0.2, -0.15) is 0 Å². The highest BCUT2D eigenvalue weighted by molar-refractivity contribution is 5.92. The topological polar surface area (TPSA) is 73.9 Å². The number of amides is 1. The number of benzene rings is 1. The smallest absolute Gasteiger partial charge is 0.341 e. The fraction of sp³-hybridized carbons (Fsp3) is 0.556. The lowest BCUT2D eigenvalue weighted by molar-refractivity contribution is -0.124. The molecule has 1 aromatic rings. The molecule has 0 aromatic heterocycles. The highest BCUT2D eigenvalue weighted by Crippen LogP contribution is 2.26. The molecule has 132 valence electrons. The van der Waals surface area contributed by atoms with E-state index in [0.717, 1.165) is 19.3 Å². The van der Waals surface area contributed by atoms with Crippen LogP contribution in [0.5, 0.6) is 11.5 Å². The van der Waals surface area contributed by atoms with Crippen LogP contribution < -0.4 is 14.8 Å². The van der Waals surface area contributed by atoms with Gasteiger partial charge in [0.2, 0.25) is 0 Å². The van der Waals surface area contributed by atoms with Crippen molar-refractivity contribution in [2.24, 2.45) is 5.92 Å². The number of carbonyl (C=O) groups excluding carboxylic acids is 2. The Morgan fingerprint density at radius 2 is 1.96 bits per heavy atom. The number of methoxy groups -OCH3 is 2. The number of nitrogens with one attached hydrogen (secondary N) is 1. The average Bonchev–Trinajstić information content (AvgIpc) is 2.61. The van der Waals surface area contributed by atoms with Crippen LogP contribution in [0.4, 0.5) is 0 Å². The Hall–Kier alpha value is -2.24. The molecule has 1 aliphatic rings. The minimum absolute atomic E-state index is 0.152. The first-order valence-corrected chi connectivity index (χ1v) is 8.23. The molecule has 24 heavy (non-hydrogen) atoms. The largest absolute Gasteiger partial charge is 0.497 e. The highest BCUT2D eigenvalue weighted by atomic mass is 16.5. The Morgan fingerprint density at radius 1 is 1.21 bits per heavy atom. The number of hydrogen-bond acceptors (Lipinski definition) is 5. The van der Waals surface area contributed by atoms with Gasteiger partial charge in [-0.25, -0.2) is 4.79 Å². The Morgan fingerprint density at radius 3 is 2.62 bits per heavy atom. The second-order valence-electron chi connectivity index (χ2n) is 6.08. The Labute approximate surface area is 142 Å². The number of carbonyl (C=O) groups is 2. The second-order valence-corrected chi connectivity index (χ2v) is 6.08. The van der Waals surface area contributed by atoms with Gasteiger partial charge in [0, 0.05) is 12.1 Å². The number of esters is 1. The van der Waals surface area contributed by atoms with Crippen molar-refractivity contribution in [1.29, 1.82) is 0 Å². The molecule has 2 atom stereocenters. The molecule has 1 aliphatic carbocycles. The maximum atomic E-state index is 12.2. The molecule has 6 heteroatoms. The van der Waals surface area contributed by atoms with Crippen molar-refractivity contribution >= 4 is 11.9 Å². The standard InChI is InChI=1S/C18H25NO5/c1-12-6-4-5-7-15(12)19-17(20)11-24-16-10-13(22-2)8-9-14(16)18(21)23-3/h8-10,12,15H,4-7,11H2,1-3H3,(H,19,20)/t12-,15-/m1/s1. The van der Waals surface area contributed by atoms with E-state index in [1.54, 1.807) is 18.2 Å². The summed E-state index contributed by atoms with van der Waals surface area (Å²) < 4.78 is 15.4. The summed E-state index contributed by atoms with van der Waals surface area (Å²) >= 11 is 0. The molecule has 1 aromatic carbocycles. The number of ether oxygens (including phenoxy) is 3. The summed E-state index contributed by atoms with van der Waals surface area (Å²) in [5.41, 5.74) is 0.261. The SMILES string of the molecule is COC(=O)c1ccc(OC)cc1OCC(=O)N[C@@H]1CCCC[C@H]1C. The molecule has 1 fully saturated rings. The molecule has 2 rings (SSSR count). The van der Waals surface area contributed by atoms with Crippen LogP contribution in [-0.2, 0) is 9.53 Å². The quantitative estimate of drug-likeness (QED) is 0.809. The Kier molecular flexibility index (Phi) is 6.46. The van der Waals surface area contributed by atoms with E-state index in [1.165, 1.54) is 20.6 Å². The minimum Gasteiger partial charge on any atom is -0.497 e. The van der Waals surface area contributed by atoms with Crippen LogP contribution in [0.15, 0.2) is 18.2 Å². The fourth-order valence-electron chi connectivity index (χ4n) is 2.95. The zero-order chi connectivity index (χ0) is 17.5. The number of hydrogen-bond donors (Lipinski definition) is 1. The molecule has 0 unspecified atom stereocenters. The van der Waals surface area contributed by atoms with Gasteiger partial charge in [0.1, 0.15) is 17.1 Å². The molecule has 0 bridgehead atoms. The molecule has 6 nitrogen and oxygen atoms in total. The summed E-state index contributed by atoms with van der Waals surface area (Å²) in [6.07, 6.45) is 4.49. The number of rotatable bonds is 6. The first-order valence-electron chi connectivity index (χ1n) is 8.23. The molecule has 0 saturated heterocycles. The van der Waals surface area contributed by atoms with Crippen molar-refractivity contribution in [3.05, 3.63) is 23.8 Å². The zero-order valence-corrected chi connectivity index (χ0v) is 14.5. The summed E-state index contributed by atoms with van der Waals surface area (Å²) in [6.45, 7) is 2.00. The summed E-state index contributed by atoms with van der Waals surface area (Å²) in [6, 6.07) is 4.97. The summed E-state index contributed by atoms with van der Waals surface area (Å²) in [5, 5.41) is 3.02. The van der Waals surface area contributed by atoms with Gasteiger partial charge in [0.15, 0.2) is 6.61 Å². The third kappa shape index (κ3) is 4.63. The van der Waals surface area contributed by atoms with Crippen LogP contribution in [0, 0.1) is 5.92 Å². The van der Waals surface area contributed by atoms with Crippen LogP contribution in [0.3, 0.4) is 0 Å². The van der Waals surface area contributed by atoms with Crippen molar-refractivity contribution < 1.29 is 23.8 Å². The van der Waals surface area contributed by atoms with Crippen molar-refractivity contribution in [3.63, 3.8) is 0 Å². The molecule has 0 radical (unpaired) electrons. The van der Waals surface area contributed by atoms with E-state index >= 15 is 0 Å². The predicted molar refractivity (Wildman–Crippen MR) is 89.4 cm³/mol. The van der Waals surface area contributed by atoms with Crippen LogP contribution in [-0.4, -0.2) is 38.7 Å². The lowest BCUT2D eigenvalue weighted by Gasteiger charge is -2.29. The van der Waals surface area contributed by atoms with Crippen molar-refractivity contribution in [3.8, 4) is 11.5 Å². The molecule has 0 heterocycles. The van der Waals surface area contributed by atoms with Gasteiger partial charge in [-0.1, -0.05) is 19.8 Å². The lowest BCUT2D eigenvalue weighted by atomic mass is 9.86. The Balaban J connectivity index is 1.99. The van der Waals surface area contributed by atoms with Crippen LogP contribution in [0.2, 0.25) is 0 Å². The molecular formula is C18H25NO5. The fourth-order valence-corrected chi connectivity index (χ4v) is 2.95. The van der Waals surface area contributed by atoms with Gasteiger partial charge in [0.05, 0.1) is 14.2 Å². The normalized spacial score (nSPS) is 20.1. The van der Waals surface area contributed by atoms with Crippen LogP contribution in [0.25, 0.3) is 0 Å². The summed E-state index contributed by atoms with van der Waals surface area (Å²) in [7, 11) is 2.82. The molecule has 1 amide bonds. The predicted octanol–water partition coefficient (Wildman–Crippen LogP) is 2.56. The summed E-state index contributed by atoms with van der Waals surface area (Å²) in [4.78, 5) is 23.9. The van der Waals surface area contributed by atoms with Crippen LogP contribution in [0.1, 0.15) is 43.0 Å². The van der Waals surface area contributed by atoms with E-state index in [9.17, 15) is 9.59 Å². The van der Waals surface area contributed by atoms with Gasteiger partial charge in [-0.05, 0) is 30.9 Å². The third-order valence-electron chi connectivity index (χ3n) is 4.41. The van der Waals surface area contributed by atoms with Crippen molar-refractivity contribution in [1.82, 2.24) is 5.32 Å². The first-order chi connectivity index (χ1) is 11.5. The van der Waals surface area contributed by atoms with Gasteiger partial charge in [0.25, 0.3) is 5.91 Å². The van der Waals surface area contributed by atoms with E-state index in [0.29, 0.717) is 11.7 Å². The maximum Gasteiger partial charge on any atom is 0.341 e. The molecule has 1 N–H and O–H groups in total. The average molecular weight is 335 g/mol. The molecule has 0 spiro atoms. The zero-order valence-electron chi connectivity index (χ0n) is 14.5. The first kappa shape index (κ1) is 18.1. The summed E-state index contributed by atoms with van der Waals surface area (Å²) in [5.74, 6) is 0.582. The van der Waals surface area contributed by atoms with E-state index < -0.39 is 5.97 Å². The molecule has 0 aliphatic heterocycles. The van der Waals surface area contributed by atoms with Crippen molar-refractivity contribution in [2.75, 3.05) is 20.8 Å². The minimum atomic E-state index is -0.519. The third-order valence-corrected chi connectivity index (χ3v) is 4.41. The lowest BCUT2D eigenvalue weighted by Crippen LogP contribution is -2.43. The molecule has 1 saturated carbocycles. The van der Waals surface area contributed by atoms with Gasteiger partial charge < -0.3 is 19.5 Å². The Bertz CT molecular complexity index is 587. The maximum absolute atomic E-state index is 12.2. The highest BCUT2D eigenvalue weighted by Gasteiger charge is 2.23. The molecular weight excluding hydrogens is 310 g/mol. The second kappa shape index (κ2) is 8.57. The van der Waals surface area contributed by atoms with Gasteiger partial charge >= 0.3 is 5.97 Å². The monoisotopic (exact) mass is 335 g/mol. The van der Waals surface area contributed by atoms with E-state index in [1.807, 2.05) is 0 Å². The van der Waals surface area contributed by atoms with E-state index in [4.69, 9.17) is 14.2 Å². The van der Waals surface area contributed by atoms with Gasteiger partial charge in [-0.15, -0.1) is 0 Å². The van der Waals surface area contributed by atoms with Crippen LogP contribution >= 0.6 is 0 Å². The van der Waals surface area contributed by atoms with E-state index in [-0.39, 0.29) is 29.9 Å². The van der Waals surface area contributed by atoms with Gasteiger partial charge in [-0.3, -0.25) is 4.79 Å². The van der Waals surface area contributed by atoms with E-state index in [2.05, 4.69) is 12.2 Å².